The van der Waals surface area contributed by atoms with Gasteiger partial charge in [0.25, 0.3) is 0 Å². The van der Waals surface area contributed by atoms with Gasteiger partial charge in [0.05, 0.1) is 0 Å². The van der Waals surface area contributed by atoms with E-state index in [0.717, 1.165) is 11.6 Å². The lowest BCUT2D eigenvalue weighted by molar-refractivity contribution is 0.550. The highest BCUT2D eigenvalue weighted by molar-refractivity contribution is 7.89. The molecule has 1 unspecified atom stereocenters. The van der Waals surface area contributed by atoms with Gasteiger partial charge in [-0.3, -0.25) is 0 Å². The third-order valence-electron chi connectivity index (χ3n) is 3.10. The van der Waals surface area contributed by atoms with Crippen LogP contribution < -0.4 is 10.5 Å². The molecule has 0 saturated heterocycles. The second kappa shape index (κ2) is 6.80. The topological polar surface area (TPSA) is 72.2 Å². The van der Waals surface area contributed by atoms with E-state index in [1.807, 2.05) is 30.3 Å². The van der Waals surface area contributed by atoms with E-state index < -0.39 is 15.8 Å². The number of nitrogens with one attached hydrogen (secondary N) is 1. The molecule has 2 rings (SSSR count). The lowest BCUT2D eigenvalue weighted by Crippen LogP contribution is -2.28. The normalized spacial score (nSPS) is 13.0. The Morgan fingerprint density at radius 3 is 2.33 bits per heavy atom. The average Bonchev–Trinajstić information content (AvgIpc) is 2.48. The zero-order valence-corrected chi connectivity index (χ0v) is 12.2. The van der Waals surface area contributed by atoms with Gasteiger partial charge < -0.3 is 5.73 Å². The van der Waals surface area contributed by atoms with E-state index in [1.165, 1.54) is 18.2 Å². The van der Waals surface area contributed by atoms with Gasteiger partial charge in [0.15, 0.2) is 0 Å². The predicted octanol–water partition coefficient (Wildman–Crippen LogP) is 2.19. The number of benzene rings is 2. The molecule has 1 atom stereocenters. The van der Waals surface area contributed by atoms with Gasteiger partial charge in [0.1, 0.15) is 10.7 Å². The van der Waals surface area contributed by atoms with Crippen LogP contribution in [0.2, 0.25) is 0 Å². The Labute approximate surface area is 123 Å². The van der Waals surface area contributed by atoms with Gasteiger partial charge >= 0.3 is 0 Å². The molecule has 0 aliphatic carbocycles. The summed E-state index contributed by atoms with van der Waals surface area (Å²) in [5.41, 5.74) is 6.92. The zero-order valence-electron chi connectivity index (χ0n) is 11.4. The predicted molar refractivity (Wildman–Crippen MR) is 79.6 cm³/mol. The first kappa shape index (κ1) is 15.6. The van der Waals surface area contributed by atoms with Crippen LogP contribution in [0.1, 0.15) is 18.0 Å². The summed E-state index contributed by atoms with van der Waals surface area (Å²) in [4.78, 5) is -0.349. The van der Waals surface area contributed by atoms with Crippen LogP contribution >= 0.6 is 0 Å². The van der Waals surface area contributed by atoms with Crippen LogP contribution in [0.3, 0.4) is 0 Å². The average molecular weight is 308 g/mol. The summed E-state index contributed by atoms with van der Waals surface area (Å²) in [6.45, 7) is 0.146. The monoisotopic (exact) mass is 308 g/mol. The van der Waals surface area contributed by atoms with Crippen LogP contribution in [-0.2, 0) is 10.0 Å². The Kier molecular flexibility index (Phi) is 5.06. The van der Waals surface area contributed by atoms with E-state index in [0.29, 0.717) is 6.42 Å². The summed E-state index contributed by atoms with van der Waals surface area (Å²) in [7, 11) is -3.85. The van der Waals surface area contributed by atoms with Crippen LogP contribution in [0.5, 0.6) is 0 Å². The van der Waals surface area contributed by atoms with Crippen molar-refractivity contribution < 1.29 is 12.8 Å². The number of rotatable bonds is 6. The lowest BCUT2D eigenvalue weighted by Gasteiger charge is -2.13. The van der Waals surface area contributed by atoms with Crippen LogP contribution in [0, 0.1) is 5.82 Å². The minimum Gasteiger partial charge on any atom is -0.324 e. The number of sulfonamides is 1. The Hall–Kier alpha value is -1.76. The molecule has 112 valence electrons. The van der Waals surface area contributed by atoms with Gasteiger partial charge in [0.2, 0.25) is 10.0 Å². The van der Waals surface area contributed by atoms with Gasteiger partial charge in [-0.25, -0.2) is 17.5 Å². The molecule has 6 heteroatoms. The van der Waals surface area contributed by atoms with Gasteiger partial charge in [-0.2, -0.15) is 0 Å². The SMILES string of the molecule is NC(CCNS(=O)(=O)c1ccccc1F)c1ccccc1. The second-order valence-electron chi connectivity index (χ2n) is 4.63. The molecule has 2 aromatic carbocycles. The third kappa shape index (κ3) is 4.10. The molecule has 0 aromatic heterocycles. The van der Waals surface area contributed by atoms with E-state index in [9.17, 15) is 12.8 Å². The van der Waals surface area contributed by atoms with E-state index >= 15 is 0 Å². The minimum absolute atomic E-state index is 0.146. The highest BCUT2D eigenvalue weighted by atomic mass is 32.2. The summed E-state index contributed by atoms with van der Waals surface area (Å²) < 4.78 is 39.8. The van der Waals surface area contributed by atoms with Crippen LogP contribution in [0.15, 0.2) is 59.5 Å². The quantitative estimate of drug-likeness (QED) is 0.859. The molecular formula is C15H17FN2O2S. The van der Waals surface area contributed by atoms with Crippen molar-refractivity contribution in [2.24, 2.45) is 5.73 Å². The summed E-state index contributed by atoms with van der Waals surface area (Å²) in [5, 5.41) is 0. The third-order valence-corrected chi connectivity index (χ3v) is 4.60. The van der Waals surface area contributed by atoms with Crippen LogP contribution in [0.4, 0.5) is 4.39 Å². The summed E-state index contributed by atoms with van der Waals surface area (Å²) in [5.74, 6) is -0.766. The van der Waals surface area contributed by atoms with Crippen molar-refractivity contribution in [2.75, 3.05) is 6.54 Å². The van der Waals surface area contributed by atoms with Gasteiger partial charge in [-0.15, -0.1) is 0 Å². The fraction of sp³-hybridized carbons (Fsp3) is 0.200. The van der Waals surface area contributed by atoms with Crippen LogP contribution in [0.25, 0.3) is 0 Å². The van der Waals surface area contributed by atoms with Gasteiger partial charge in [-0.1, -0.05) is 42.5 Å². The number of hydrogen-bond acceptors (Lipinski definition) is 3. The second-order valence-corrected chi connectivity index (χ2v) is 6.37. The summed E-state index contributed by atoms with van der Waals surface area (Å²) >= 11 is 0. The molecule has 2 aromatic rings. The van der Waals surface area contributed by atoms with Crippen molar-refractivity contribution in [3.8, 4) is 0 Å². The molecule has 0 aliphatic heterocycles. The van der Waals surface area contributed by atoms with Crippen LogP contribution in [-0.4, -0.2) is 15.0 Å². The van der Waals surface area contributed by atoms with E-state index in [1.54, 1.807) is 0 Å². The van der Waals surface area contributed by atoms with Gasteiger partial charge in [0, 0.05) is 12.6 Å². The number of nitrogens with two attached hydrogens (primary N) is 1. The maximum Gasteiger partial charge on any atom is 0.243 e. The van der Waals surface area contributed by atoms with Crippen molar-refractivity contribution in [1.29, 1.82) is 0 Å². The smallest absolute Gasteiger partial charge is 0.243 e. The van der Waals surface area contributed by atoms with Crippen molar-refractivity contribution in [2.45, 2.75) is 17.4 Å². The first-order chi connectivity index (χ1) is 10.0. The highest BCUT2D eigenvalue weighted by Crippen LogP contribution is 2.15. The molecule has 0 saturated carbocycles. The highest BCUT2D eigenvalue weighted by Gasteiger charge is 2.18. The van der Waals surface area contributed by atoms with Crippen molar-refractivity contribution in [1.82, 2.24) is 4.72 Å². The van der Waals surface area contributed by atoms with E-state index in [-0.39, 0.29) is 17.5 Å². The summed E-state index contributed by atoms with van der Waals surface area (Å²) in [6.07, 6.45) is 0.428. The molecule has 0 bridgehead atoms. The zero-order chi connectivity index (χ0) is 15.3. The lowest BCUT2D eigenvalue weighted by atomic mass is 10.1. The molecule has 0 spiro atoms. The van der Waals surface area contributed by atoms with Gasteiger partial charge in [-0.05, 0) is 24.1 Å². The van der Waals surface area contributed by atoms with Crippen molar-refractivity contribution >= 4 is 10.0 Å². The summed E-state index contributed by atoms with van der Waals surface area (Å²) in [6, 6.07) is 14.4. The number of halogens is 1. The molecule has 3 N–H and O–H groups in total. The molecular weight excluding hydrogens is 291 g/mol. The Bertz CT molecular complexity index is 690. The fourth-order valence-electron chi connectivity index (χ4n) is 1.96. The number of hydrogen-bond donors (Lipinski definition) is 2. The standard InChI is InChI=1S/C15H17FN2O2S/c16-13-8-4-5-9-15(13)21(19,20)18-11-10-14(17)12-6-2-1-3-7-12/h1-9,14,18H,10-11,17H2. The maximum atomic E-state index is 13.5. The Morgan fingerprint density at radius 1 is 1.05 bits per heavy atom. The Morgan fingerprint density at radius 2 is 1.67 bits per heavy atom. The fourth-order valence-corrected chi connectivity index (χ4v) is 3.08. The molecule has 0 radical (unpaired) electrons. The minimum atomic E-state index is -3.85. The molecule has 0 heterocycles. The largest absolute Gasteiger partial charge is 0.324 e. The van der Waals surface area contributed by atoms with E-state index in [4.69, 9.17) is 5.73 Å². The van der Waals surface area contributed by atoms with Crippen molar-refractivity contribution in [3.05, 3.63) is 66.0 Å². The molecule has 0 amide bonds. The first-order valence-electron chi connectivity index (χ1n) is 6.55. The maximum absolute atomic E-state index is 13.5. The van der Waals surface area contributed by atoms with E-state index in [2.05, 4.69) is 4.72 Å². The first-order valence-corrected chi connectivity index (χ1v) is 8.04. The Balaban J connectivity index is 1.96. The molecule has 0 fully saturated rings. The molecule has 4 nitrogen and oxygen atoms in total. The molecule has 21 heavy (non-hydrogen) atoms. The molecule has 0 aliphatic rings. The van der Waals surface area contributed by atoms with Crippen molar-refractivity contribution in [3.63, 3.8) is 0 Å².